The maximum Gasteiger partial charge on any atom is 0.251 e. The zero-order valence-corrected chi connectivity index (χ0v) is 16.6. The van der Waals surface area contributed by atoms with E-state index in [2.05, 4.69) is 5.32 Å². The van der Waals surface area contributed by atoms with Gasteiger partial charge in [0.05, 0.1) is 23.3 Å². The lowest BCUT2D eigenvalue weighted by Gasteiger charge is -2.16. The lowest BCUT2D eigenvalue weighted by atomic mass is 10.0. The van der Waals surface area contributed by atoms with E-state index in [1.54, 1.807) is 24.7 Å². The first-order valence-electron chi connectivity index (χ1n) is 9.51. The van der Waals surface area contributed by atoms with Gasteiger partial charge in [-0.1, -0.05) is 0 Å². The van der Waals surface area contributed by atoms with Crippen LogP contribution in [0.5, 0.6) is 0 Å². The largest absolute Gasteiger partial charge is 0.469 e. The number of benzene rings is 1. The zero-order chi connectivity index (χ0) is 20.3. The van der Waals surface area contributed by atoms with Gasteiger partial charge in [-0.05, 0) is 61.4 Å². The molecule has 4 rings (SSSR count). The molecule has 1 fully saturated rings. The average molecular weight is 414 g/mol. The van der Waals surface area contributed by atoms with Gasteiger partial charge in [-0.25, -0.2) is 8.42 Å². The maximum absolute atomic E-state index is 12.6. The SMILES string of the molecule is O=C(NCC(c1ccco1)c1ccco1)c1ccc(S(=O)(=O)N2CCCC2)cc1. The molecular weight excluding hydrogens is 392 g/mol. The summed E-state index contributed by atoms with van der Waals surface area (Å²) in [6.45, 7) is 1.38. The summed E-state index contributed by atoms with van der Waals surface area (Å²) in [4.78, 5) is 12.8. The molecule has 0 radical (unpaired) electrons. The molecule has 1 aromatic carbocycles. The lowest BCUT2D eigenvalue weighted by molar-refractivity contribution is 0.0951. The molecule has 0 unspecified atom stereocenters. The third-order valence-electron chi connectivity index (χ3n) is 5.06. The van der Waals surface area contributed by atoms with Crippen molar-refractivity contribution in [2.75, 3.05) is 19.6 Å². The van der Waals surface area contributed by atoms with E-state index in [1.165, 1.54) is 28.6 Å². The first-order chi connectivity index (χ1) is 14.1. The van der Waals surface area contributed by atoms with E-state index in [9.17, 15) is 13.2 Å². The van der Waals surface area contributed by atoms with E-state index < -0.39 is 10.0 Å². The van der Waals surface area contributed by atoms with Crippen LogP contribution >= 0.6 is 0 Å². The minimum Gasteiger partial charge on any atom is -0.469 e. The fourth-order valence-electron chi connectivity index (χ4n) is 3.47. The van der Waals surface area contributed by atoms with Crippen LogP contribution < -0.4 is 5.32 Å². The predicted octanol–water partition coefficient (Wildman–Crippen LogP) is 3.22. The van der Waals surface area contributed by atoms with Crippen LogP contribution in [0.4, 0.5) is 0 Å². The summed E-state index contributed by atoms with van der Waals surface area (Å²) < 4.78 is 37.6. The number of hydrogen-bond acceptors (Lipinski definition) is 5. The van der Waals surface area contributed by atoms with Crippen LogP contribution in [-0.2, 0) is 10.0 Å². The molecule has 0 atom stereocenters. The van der Waals surface area contributed by atoms with Gasteiger partial charge in [0.1, 0.15) is 11.5 Å². The van der Waals surface area contributed by atoms with Crippen LogP contribution in [0.1, 0.15) is 40.6 Å². The number of nitrogens with zero attached hydrogens (tertiary/aromatic N) is 1. The quantitative estimate of drug-likeness (QED) is 0.641. The van der Waals surface area contributed by atoms with Crippen LogP contribution in [0.2, 0.25) is 0 Å². The number of hydrogen-bond donors (Lipinski definition) is 1. The number of carbonyl (C=O) groups is 1. The topological polar surface area (TPSA) is 92.8 Å². The number of sulfonamides is 1. The molecule has 7 nitrogen and oxygen atoms in total. The van der Waals surface area contributed by atoms with Gasteiger partial charge in [0, 0.05) is 25.2 Å². The van der Waals surface area contributed by atoms with Crippen LogP contribution in [0.25, 0.3) is 0 Å². The molecule has 1 aliphatic rings. The van der Waals surface area contributed by atoms with Gasteiger partial charge >= 0.3 is 0 Å². The van der Waals surface area contributed by atoms with Crippen LogP contribution in [0.3, 0.4) is 0 Å². The van der Waals surface area contributed by atoms with E-state index in [1.807, 2.05) is 12.1 Å². The highest BCUT2D eigenvalue weighted by Crippen LogP contribution is 2.25. The minimum absolute atomic E-state index is 0.208. The highest BCUT2D eigenvalue weighted by Gasteiger charge is 2.27. The fourth-order valence-corrected chi connectivity index (χ4v) is 4.99. The molecule has 0 aliphatic carbocycles. The molecule has 3 aromatic rings. The Morgan fingerprint density at radius 1 is 0.966 bits per heavy atom. The highest BCUT2D eigenvalue weighted by atomic mass is 32.2. The number of carbonyl (C=O) groups excluding carboxylic acids is 1. The van der Waals surface area contributed by atoms with Gasteiger partial charge < -0.3 is 14.2 Å². The molecule has 152 valence electrons. The van der Waals surface area contributed by atoms with Crippen molar-refractivity contribution in [3.63, 3.8) is 0 Å². The first-order valence-corrected chi connectivity index (χ1v) is 10.9. The monoisotopic (exact) mass is 414 g/mol. The Morgan fingerprint density at radius 2 is 1.55 bits per heavy atom. The molecule has 1 amide bonds. The second kappa shape index (κ2) is 8.26. The summed E-state index contributed by atoms with van der Waals surface area (Å²) in [7, 11) is -3.49. The molecule has 8 heteroatoms. The van der Waals surface area contributed by atoms with E-state index in [4.69, 9.17) is 8.83 Å². The molecule has 2 aromatic heterocycles. The van der Waals surface area contributed by atoms with Crippen molar-refractivity contribution >= 4 is 15.9 Å². The summed E-state index contributed by atoms with van der Waals surface area (Å²) in [5.74, 6) is 0.830. The standard InChI is InChI=1S/C21H22N2O5S/c24-21(22-15-18(19-5-3-13-27-19)20-6-4-14-28-20)16-7-9-17(10-8-16)29(25,26)23-11-1-2-12-23/h3-10,13-14,18H,1-2,11-12,15H2,(H,22,24). The van der Waals surface area contributed by atoms with Crippen molar-refractivity contribution in [1.82, 2.24) is 9.62 Å². The maximum atomic E-state index is 12.6. The van der Waals surface area contributed by atoms with Crippen LogP contribution in [0, 0.1) is 0 Å². The Bertz CT molecular complexity index is 1000. The second-order valence-electron chi connectivity index (χ2n) is 6.93. The van der Waals surface area contributed by atoms with Crippen LogP contribution in [0.15, 0.2) is 74.8 Å². The van der Waals surface area contributed by atoms with Crippen molar-refractivity contribution in [2.24, 2.45) is 0 Å². The van der Waals surface area contributed by atoms with Crippen molar-refractivity contribution in [2.45, 2.75) is 23.7 Å². The third-order valence-corrected chi connectivity index (χ3v) is 6.97. The van der Waals surface area contributed by atoms with Crippen molar-refractivity contribution in [1.29, 1.82) is 0 Å². The van der Waals surface area contributed by atoms with Gasteiger partial charge in [-0.15, -0.1) is 0 Å². The van der Waals surface area contributed by atoms with E-state index in [0.717, 1.165) is 12.8 Å². The van der Waals surface area contributed by atoms with Gasteiger partial charge in [0.25, 0.3) is 5.91 Å². The highest BCUT2D eigenvalue weighted by molar-refractivity contribution is 7.89. The number of amides is 1. The summed E-state index contributed by atoms with van der Waals surface area (Å²) in [5, 5.41) is 2.87. The van der Waals surface area contributed by atoms with E-state index in [-0.39, 0.29) is 23.3 Å². The molecule has 0 saturated carbocycles. The summed E-state index contributed by atoms with van der Waals surface area (Å²) in [6, 6.07) is 13.3. The Kier molecular flexibility index (Phi) is 5.55. The average Bonchev–Trinajstić information content (AvgIpc) is 3.52. The number of furan rings is 2. The second-order valence-corrected chi connectivity index (χ2v) is 8.87. The molecular formula is C21H22N2O5S. The molecule has 29 heavy (non-hydrogen) atoms. The molecule has 0 spiro atoms. The Labute approximate surface area is 169 Å². The fraction of sp³-hybridized carbons (Fsp3) is 0.286. The van der Waals surface area contributed by atoms with E-state index in [0.29, 0.717) is 30.2 Å². The van der Waals surface area contributed by atoms with Crippen molar-refractivity contribution in [3.8, 4) is 0 Å². The lowest BCUT2D eigenvalue weighted by Crippen LogP contribution is -2.29. The molecule has 1 N–H and O–H groups in total. The summed E-state index contributed by atoms with van der Waals surface area (Å²) in [6.07, 6.45) is 4.91. The van der Waals surface area contributed by atoms with Crippen molar-refractivity contribution < 1.29 is 22.0 Å². The van der Waals surface area contributed by atoms with Gasteiger partial charge in [0.2, 0.25) is 10.0 Å². The van der Waals surface area contributed by atoms with Gasteiger partial charge in [0.15, 0.2) is 0 Å². The molecule has 1 saturated heterocycles. The normalized spacial score (nSPS) is 15.1. The molecule has 3 heterocycles. The number of rotatable bonds is 7. The summed E-state index contributed by atoms with van der Waals surface area (Å²) in [5.41, 5.74) is 0.392. The Morgan fingerprint density at radius 3 is 2.07 bits per heavy atom. The molecule has 0 bridgehead atoms. The van der Waals surface area contributed by atoms with Gasteiger partial charge in [-0.3, -0.25) is 4.79 Å². The summed E-state index contributed by atoms with van der Waals surface area (Å²) >= 11 is 0. The molecule has 1 aliphatic heterocycles. The van der Waals surface area contributed by atoms with E-state index >= 15 is 0 Å². The predicted molar refractivity (Wildman–Crippen MR) is 106 cm³/mol. The minimum atomic E-state index is -3.49. The smallest absolute Gasteiger partial charge is 0.251 e. The van der Waals surface area contributed by atoms with Crippen LogP contribution in [-0.4, -0.2) is 38.3 Å². The Balaban J connectivity index is 1.44. The van der Waals surface area contributed by atoms with Gasteiger partial charge in [-0.2, -0.15) is 4.31 Å². The number of nitrogens with one attached hydrogen (secondary N) is 1. The zero-order valence-electron chi connectivity index (χ0n) is 15.8. The third kappa shape index (κ3) is 4.13. The van der Waals surface area contributed by atoms with Crippen molar-refractivity contribution in [3.05, 3.63) is 78.1 Å². The first kappa shape index (κ1) is 19.5. The Hall–Kier alpha value is -2.84.